The van der Waals surface area contributed by atoms with Crippen LogP contribution in [0.15, 0.2) is 46.9 Å². The topological polar surface area (TPSA) is 22.4 Å². The predicted octanol–water partition coefficient (Wildman–Crippen LogP) is 6.39. The van der Waals surface area contributed by atoms with Gasteiger partial charge in [-0.3, -0.25) is 0 Å². The molecule has 146 valence electrons. The highest BCUT2D eigenvalue weighted by Gasteiger charge is 2.87. The Balaban J connectivity index is 2.18. The van der Waals surface area contributed by atoms with Gasteiger partial charge in [0.1, 0.15) is 16.9 Å². The number of para-hydroxylation sites is 1. The van der Waals surface area contributed by atoms with Gasteiger partial charge in [0, 0.05) is 16.8 Å². The Labute approximate surface area is 144 Å². The molecule has 3 aromatic rings. The van der Waals surface area contributed by atoms with Crippen LogP contribution >= 0.6 is 0 Å². The molecule has 2 aromatic carbocycles. The summed E-state index contributed by atoms with van der Waals surface area (Å²) >= 11 is 0. The highest BCUT2D eigenvalue weighted by Crippen LogP contribution is 2.55. The molecule has 0 radical (unpaired) electrons. The molecule has 2 nitrogen and oxygen atoms in total. The van der Waals surface area contributed by atoms with Crippen molar-refractivity contribution < 1.29 is 48.7 Å². The van der Waals surface area contributed by atoms with E-state index in [9.17, 15) is 39.5 Å². The molecule has 0 unspecified atom stereocenters. The molecule has 0 aliphatic heterocycles. The summed E-state index contributed by atoms with van der Waals surface area (Å²) in [4.78, 5) is 0. The van der Waals surface area contributed by atoms with Crippen molar-refractivity contribution in [3.63, 3.8) is 0 Å². The summed E-state index contributed by atoms with van der Waals surface area (Å²) in [7, 11) is 0. The van der Waals surface area contributed by atoms with Crippen molar-refractivity contribution in [1.29, 1.82) is 0 Å². The largest absolute Gasteiger partial charge is 0.462 e. The van der Waals surface area contributed by atoms with E-state index >= 15 is 0 Å². The number of rotatable bonds is 2. The summed E-state index contributed by atoms with van der Waals surface area (Å²) in [5, 5.41) is 0.766. The van der Waals surface area contributed by atoms with Gasteiger partial charge in [-0.15, -0.1) is 0 Å². The van der Waals surface area contributed by atoms with Gasteiger partial charge in [-0.1, -0.05) is 18.2 Å². The van der Waals surface area contributed by atoms with Gasteiger partial charge in [-0.2, -0.15) is 39.5 Å². The Kier molecular flexibility index (Phi) is 4.05. The van der Waals surface area contributed by atoms with Gasteiger partial charge in [0.05, 0.1) is 0 Å². The van der Waals surface area contributed by atoms with Crippen LogP contribution in [0.2, 0.25) is 0 Å². The molecule has 3 rings (SSSR count). The summed E-state index contributed by atoms with van der Waals surface area (Å²) < 4.78 is 125. The highest BCUT2D eigenvalue weighted by molar-refractivity contribution is 6.05. The molecular weight excluding hydrogens is 395 g/mol. The number of fused-ring (bicyclic) bond motifs is 3. The number of hydrogen-bond acceptors (Lipinski definition) is 2. The molecule has 27 heavy (non-hydrogen) atoms. The second-order valence-electron chi connectivity index (χ2n) is 5.53. The molecule has 1 heterocycles. The summed E-state index contributed by atoms with van der Waals surface area (Å²) in [6.45, 7) is 0. The van der Waals surface area contributed by atoms with Crippen molar-refractivity contribution in [2.24, 2.45) is 0 Å². The maximum Gasteiger partial charge on any atom is 0.447 e. The summed E-state index contributed by atoms with van der Waals surface area (Å²) in [5.41, 5.74) is -6.36. The molecule has 0 atom stereocenters. The van der Waals surface area contributed by atoms with Crippen molar-refractivity contribution in [2.45, 2.75) is 24.1 Å². The molecule has 0 aliphatic carbocycles. The third-order valence-corrected chi connectivity index (χ3v) is 3.82. The normalized spacial score (nSPS) is 14.1. The van der Waals surface area contributed by atoms with Crippen LogP contribution in [0.1, 0.15) is 0 Å². The van der Waals surface area contributed by atoms with Crippen LogP contribution in [0.4, 0.5) is 39.5 Å². The smallest absolute Gasteiger partial charge is 0.447 e. The number of ether oxygens (including phenoxy) is 1. The molecule has 0 saturated carbocycles. The lowest BCUT2D eigenvalue weighted by Gasteiger charge is -2.38. The van der Waals surface area contributed by atoms with E-state index in [2.05, 4.69) is 4.74 Å². The molecule has 0 N–H and O–H groups in total. The van der Waals surface area contributed by atoms with Gasteiger partial charge in [0.25, 0.3) is 0 Å². The fraction of sp³-hybridized carbons (Fsp3) is 0.250. The van der Waals surface area contributed by atoms with E-state index in [4.69, 9.17) is 4.42 Å². The molecule has 0 fully saturated rings. The zero-order chi connectivity index (χ0) is 20.3. The lowest BCUT2D eigenvalue weighted by atomic mass is 10.0. The number of alkyl halides is 9. The molecule has 0 spiro atoms. The number of furan rings is 1. The molecule has 0 aliphatic rings. The van der Waals surface area contributed by atoms with Gasteiger partial charge in [-0.05, 0) is 18.2 Å². The Morgan fingerprint density at radius 3 is 1.70 bits per heavy atom. The van der Waals surface area contributed by atoms with Crippen molar-refractivity contribution >= 4 is 21.9 Å². The van der Waals surface area contributed by atoms with Crippen molar-refractivity contribution in [3.05, 3.63) is 42.5 Å². The quantitative estimate of drug-likeness (QED) is 0.464. The Morgan fingerprint density at radius 2 is 1.15 bits per heavy atom. The summed E-state index contributed by atoms with van der Waals surface area (Å²) in [5.74, 6) is -1.30. The van der Waals surface area contributed by atoms with Gasteiger partial charge in [-0.25, -0.2) is 0 Å². The highest BCUT2D eigenvalue weighted by atomic mass is 19.4. The van der Waals surface area contributed by atoms with Crippen molar-refractivity contribution in [2.75, 3.05) is 0 Å². The van der Waals surface area contributed by atoms with E-state index in [1.807, 2.05) is 0 Å². The number of hydrogen-bond donors (Lipinski definition) is 0. The third-order valence-electron chi connectivity index (χ3n) is 3.82. The van der Waals surface area contributed by atoms with E-state index in [-0.39, 0.29) is 16.6 Å². The minimum Gasteiger partial charge on any atom is -0.462 e. The fourth-order valence-corrected chi connectivity index (χ4v) is 2.60. The molecule has 0 saturated heterocycles. The predicted molar refractivity (Wildman–Crippen MR) is 75.2 cm³/mol. The average Bonchev–Trinajstić information content (AvgIpc) is 2.86. The molecule has 1 aromatic heterocycles. The van der Waals surface area contributed by atoms with E-state index in [1.54, 1.807) is 18.2 Å². The zero-order valence-electron chi connectivity index (χ0n) is 12.8. The van der Waals surface area contributed by atoms with Crippen LogP contribution in [0.5, 0.6) is 5.75 Å². The first kappa shape index (κ1) is 19.2. The van der Waals surface area contributed by atoms with E-state index in [1.165, 1.54) is 6.07 Å². The van der Waals surface area contributed by atoms with Crippen molar-refractivity contribution in [3.8, 4) is 5.75 Å². The molecule has 0 amide bonds. The van der Waals surface area contributed by atoms with Crippen LogP contribution in [0.3, 0.4) is 0 Å². The average molecular weight is 402 g/mol. The fourth-order valence-electron chi connectivity index (χ4n) is 2.60. The maximum atomic E-state index is 12.9. The first-order chi connectivity index (χ1) is 12.3. The van der Waals surface area contributed by atoms with Crippen LogP contribution in [-0.4, -0.2) is 24.1 Å². The summed E-state index contributed by atoms with van der Waals surface area (Å²) in [6, 6.07) is 8.35. The zero-order valence-corrected chi connectivity index (χ0v) is 12.8. The first-order valence-corrected chi connectivity index (χ1v) is 7.08. The second-order valence-corrected chi connectivity index (χ2v) is 5.53. The minimum absolute atomic E-state index is 0.228. The second kappa shape index (κ2) is 5.70. The Hall–Kier alpha value is -2.59. The lowest BCUT2D eigenvalue weighted by Crippen LogP contribution is -2.69. The van der Waals surface area contributed by atoms with Crippen LogP contribution in [0.25, 0.3) is 21.9 Å². The van der Waals surface area contributed by atoms with Gasteiger partial charge in [0.15, 0.2) is 0 Å². The Morgan fingerprint density at radius 1 is 0.630 bits per heavy atom. The van der Waals surface area contributed by atoms with Crippen LogP contribution in [0, 0.1) is 0 Å². The van der Waals surface area contributed by atoms with E-state index < -0.39 is 29.9 Å². The molecular formula is C16H7F9O2. The Bertz CT molecular complexity index is 943. The monoisotopic (exact) mass is 402 g/mol. The van der Waals surface area contributed by atoms with Gasteiger partial charge >= 0.3 is 24.1 Å². The molecule has 0 bridgehead atoms. The summed E-state index contributed by atoms with van der Waals surface area (Å²) in [6.07, 6.45) is -20.4. The van der Waals surface area contributed by atoms with Crippen LogP contribution in [-0.2, 0) is 0 Å². The number of halogens is 9. The SMILES string of the molecule is FC(F)(F)C(Oc1ccc2c(c1)oc1ccccc12)(C(F)(F)F)C(F)(F)F. The third kappa shape index (κ3) is 2.85. The van der Waals surface area contributed by atoms with Gasteiger partial charge < -0.3 is 9.15 Å². The van der Waals surface area contributed by atoms with E-state index in [0.717, 1.165) is 6.07 Å². The van der Waals surface area contributed by atoms with E-state index in [0.29, 0.717) is 17.5 Å². The van der Waals surface area contributed by atoms with Crippen molar-refractivity contribution in [1.82, 2.24) is 0 Å². The maximum absolute atomic E-state index is 12.9. The minimum atomic E-state index is -6.81. The molecule has 11 heteroatoms. The first-order valence-electron chi connectivity index (χ1n) is 7.08. The number of benzene rings is 2. The van der Waals surface area contributed by atoms with Crippen LogP contribution < -0.4 is 4.74 Å². The van der Waals surface area contributed by atoms with Gasteiger partial charge in [0.2, 0.25) is 0 Å². The standard InChI is InChI=1S/C16H7F9O2/c17-14(18,19)13(15(20,21)22,16(23,24)25)27-8-5-6-10-9-3-1-2-4-11(9)26-12(10)7-8/h1-7H. The lowest BCUT2D eigenvalue weighted by molar-refractivity contribution is -0.436.